The second kappa shape index (κ2) is 9.09. The molecule has 1 aliphatic carbocycles. The van der Waals surface area contributed by atoms with E-state index in [4.69, 9.17) is 33.0 Å². The Labute approximate surface area is 165 Å². The fourth-order valence-corrected chi connectivity index (χ4v) is 3.10. The number of nitrogens with two attached hydrogens (primary N) is 2. The van der Waals surface area contributed by atoms with Gasteiger partial charge in [-0.3, -0.25) is 9.59 Å². The van der Waals surface area contributed by atoms with Gasteiger partial charge >= 0.3 is 0 Å². The minimum absolute atomic E-state index is 0.0476. The van der Waals surface area contributed by atoms with Gasteiger partial charge in [0.05, 0.1) is 23.2 Å². The zero-order valence-corrected chi connectivity index (χ0v) is 15.8. The number of nitrogens with zero attached hydrogens (tertiary/aromatic N) is 3. The fourth-order valence-electron chi connectivity index (χ4n) is 2.93. The normalized spacial score (nSPS) is 21.1. The van der Waals surface area contributed by atoms with Crippen molar-refractivity contribution in [2.45, 2.75) is 44.2 Å². The van der Waals surface area contributed by atoms with Crippen molar-refractivity contribution in [3.05, 3.63) is 40.7 Å². The predicted molar refractivity (Wildman–Crippen MR) is 98.5 cm³/mol. The van der Waals surface area contributed by atoms with E-state index in [0.29, 0.717) is 24.4 Å². The van der Waals surface area contributed by atoms with Crippen molar-refractivity contribution in [3.63, 3.8) is 0 Å². The van der Waals surface area contributed by atoms with Crippen LogP contribution in [-0.4, -0.2) is 49.0 Å². The lowest BCUT2D eigenvalue weighted by Gasteiger charge is -2.11. The number of rotatable bonds is 4. The number of hydrogen-bond acceptors (Lipinski definition) is 6. The van der Waals surface area contributed by atoms with Crippen molar-refractivity contribution in [1.82, 2.24) is 14.8 Å². The van der Waals surface area contributed by atoms with Gasteiger partial charge in [-0.2, -0.15) is 5.10 Å². The first-order valence-electron chi connectivity index (χ1n) is 8.41. The van der Waals surface area contributed by atoms with Crippen LogP contribution in [0.5, 0.6) is 0 Å². The first kappa shape index (κ1) is 21.7. The Morgan fingerprint density at radius 1 is 1.39 bits per heavy atom. The molecule has 0 aliphatic heterocycles. The number of aliphatic hydroxyl groups is 1. The summed E-state index contributed by atoms with van der Waals surface area (Å²) in [5.74, 6) is -1.27. The van der Waals surface area contributed by atoms with Crippen LogP contribution in [0.25, 0.3) is 5.69 Å². The van der Waals surface area contributed by atoms with Crippen molar-refractivity contribution in [1.29, 1.82) is 0 Å². The predicted octanol–water partition coefficient (Wildman–Crippen LogP) is 0.744. The van der Waals surface area contributed by atoms with Crippen LogP contribution in [0, 0.1) is 5.82 Å². The molecule has 2 aromatic rings. The molecule has 1 heterocycles. The molecule has 0 spiro atoms. The van der Waals surface area contributed by atoms with Crippen LogP contribution in [0.4, 0.5) is 4.39 Å². The number of primary amides is 1. The van der Waals surface area contributed by atoms with Crippen LogP contribution >= 0.6 is 11.6 Å². The monoisotopic (exact) mass is 413 g/mol. The number of aliphatic carboxylic acids is 1. The minimum atomic E-state index is -0.833. The van der Waals surface area contributed by atoms with Gasteiger partial charge in [0.15, 0.2) is 5.82 Å². The molecule has 3 atom stereocenters. The lowest BCUT2D eigenvalue weighted by molar-refractivity contribution is -0.134. The maximum absolute atomic E-state index is 13.4. The molecule has 152 valence electrons. The van der Waals surface area contributed by atoms with Gasteiger partial charge in [-0.25, -0.2) is 14.1 Å². The molecule has 0 unspecified atom stereocenters. The summed E-state index contributed by atoms with van der Waals surface area (Å²) in [6.45, 7) is 1.08. The molecule has 1 aromatic carbocycles. The molecular weight excluding hydrogens is 393 g/mol. The Bertz CT molecular complexity index is 861. The van der Waals surface area contributed by atoms with Crippen molar-refractivity contribution in [3.8, 4) is 5.69 Å². The minimum Gasteiger partial charge on any atom is -0.481 e. The second-order valence-electron chi connectivity index (χ2n) is 6.46. The number of halogens is 2. The van der Waals surface area contributed by atoms with Gasteiger partial charge in [0, 0.05) is 18.9 Å². The third-order valence-corrected chi connectivity index (χ3v) is 4.39. The molecule has 1 fully saturated rings. The molecule has 1 saturated carbocycles. The Morgan fingerprint density at radius 2 is 2.04 bits per heavy atom. The third kappa shape index (κ3) is 5.47. The van der Waals surface area contributed by atoms with Gasteiger partial charge in [-0.05, 0) is 31.0 Å². The summed E-state index contributed by atoms with van der Waals surface area (Å²) in [5.41, 5.74) is 11.6. The summed E-state index contributed by atoms with van der Waals surface area (Å²) in [6, 6.07) is 3.82. The topological polar surface area (TPSA) is 157 Å². The number of carbonyl (C=O) groups is 2. The summed E-state index contributed by atoms with van der Waals surface area (Å²) in [7, 11) is 0. The smallest absolute Gasteiger partial charge is 0.300 e. The largest absolute Gasteiger partial charge is 0.481 e. The first-order chi connectivity index (χ1) is 13.1. The molecule has 1 amide bonds. The van der Waals surface area contributed by atoms with Gasteiger partial charge in [0.2, 0.25) is 5.91 Å². The highest BCUT2D eigenvalue weighted by Gasteiger charge is 2.35. The lowest BCUT2D eigenvalue weighted by atomic mass is 10.1. The quantitative estimate of drug-likeness (QED) is 0.575. The number of hydrogen-bond donors (Lipinski definition) is 4. The van der Waals surface area contributed by atoms with Crippen molar-refractivity contribution >= 4 is 23.5 Å². The Morgan fingerprint density at radius 3 is 2.54 bits per heavy atom. The maximum Gasteiger partial charge on any atom is 0.300 e. The molecule has 0 bridgehead atoms. The molecule has 1 aromatic heterocycles. The van der Waals surface area contributed by atoms with Gasteiger partial charge in [0.25, 0.3) is 5.97 Å². The van der Waals surface area contributed by atoms with Crippen LogP contribution in [0.3, 0.4) is 0 Å². The van der Waals surface area contributed by atoms with E-state index in [9.17, 15) is 14.3 Å². The van der Waals surface area contributed by atoms with Gasteiger partial charge in [0.1, 0.15) is 11.6 Å². The maximum atomic E-state index is 13.4. The summed E-state index contributed by atoms with van der Waals surface area (Å²) in [6.07, 6.45) is 0.225. The number of carboxylic acid groups (broad SMARTS) is 1. The number of carboxylic acids is 1. The van der Waals surface area contributed by atoms with Crippen LogP contribution in [-0.2, 0) is 16.0 Å². The Hall–Kier alpha value is -2.56. The average Bonchev–Trinajstić information content (AvgIpc) is 3.13. The summed E-state index contributed by atoms with van der Waals surface area (Å²) in [4.78, 5) is 24.5. The molecule has 28 heavy (non-hydrogen) atoms. The molecule has 0 saturated heterocycles. The molecular formula is C17H21ClFN5O4. The van der Waals surface area contributed by atoms with E-state index >= 15 is 0 Å². The van der Waals surface area contributed by atoms with E-state index in [1.807, 2.05) is 0 Å². The van der Waals surface area contributed by atoms with E-state index in [2.05, 4.69) is 10.1 Å². The average molecular weight is 414 g/mol. The second-order valence-corrected chi connectivity index (χ2v) is 6.87. The number of aromatic nitrogens is 3. The Kier molecular flexibility index (Phi) is 7.05. The van der Waals surface area contributed by atoms with Gasteiger partial charge < -0.3 is 21.7 Å². The van der Waals surface area contributed by atoms with Crippen molar-refractivity contribution in [2.24, 2.45) is 11.5 Å². The van der Waals surface area contributed by atoms with E-state index in [1.54, 1.807) is 0 Å². The van der Waals surface area contributed by atoms with Crippen LogP contribution in [0.15, 0.2) is 18.2 Å². The summed E-state index contributed by atoms with van der Waals surface area (Å²) < 4.78 is 14.9. The third-order valence-electron chi connectivity index (χ3n) is 4.10. The summed E-state index contributed by atoms with van der Waals surface area (Å²) >= 11 is 5.84. The highest BCUT2D eigenvalue weighted by atomic mass is 35.5. The van der Waals surface area contributed by atoms with Crippen LogP contribution in [0.2, 0.25) is 5.02 Å². The van der Waals surface area contributed by atoms with Gasteiger partial charge in [-0.15, -0.1) is 0 Å². The van der Waals surface area contributed by atoms with Crippen molar-refractivity contribution < 1.29 is 24.2 Å². The number of carbonyl (C=O) groups excluding carboxylic acids is 1. The number of amides is 1. The molecule has 6 N–H and O–H groups in total. The van der Waals surface area contributed by atoms with E-state index < -0.39 is 23.8 Å². The summed E-state index contributed by atoms with van der Waals surface area (Å²) in [5, 5.41) is 21.6. The zero-order valence-electron chi connectivity index (χ0n) is 15.0. The van der Waals surface area contributed by atoms with E-state index in [0.717, 1.165) is 6.92 Å². The molecule has 0 radical (unpaired) electrons. The van der Waals surface area contributed by atoms with Gasteiger partial charge in [-0.1, -0.05) is 11.6 Å². The molecule has 9 nitrogen and oxygen atoms in total. The highest BCUT2D eigenvalue weighted by Crippen LogP contribution is 2.34. The molecule has 11 heteroatoms. The zero-order chi connectivity index (χ0) is 21.0. The van der Waals surface area contributed by atoms with E-state index in [-0.39, 0.29) is 29.2 Å². The van der Waals surface area contributed by atoms with Crippen molar-refractivity contribution in [2.75, 3.05) is 0 Å². The van der Waals surface area contributed by atoms with Crippen LogP contribution in [0.1, 0.15) is 37.3 Å². The SMILES string of the molecule is CC(=O)O.NC(=O)Cc1nc([C@H]2C[C@H](N)[C@@H](O)C2)n(-c2ccc(F)c(Cl)c2)n1. The van der Waals surface area contributed by atoms with Crippen LogP contribution < -0.4 is 11.5 Å². The number of benzene rings is 1. The first-order valence-corrected chi connectivity index (χ1v) is 8.79. The highest BCUT2D eigenvalue weighted by molar-refractivity contribution is 6.30. The standard InChI is InChI=1S/C15H17ClFN5O2.C2H4O2/c16-9-5-8(1-2-10(9)17)22-15(7-3-11(18)12(23)4-7)20-14(21-22)6-13(19)24;1-2(3)4/h1-2,5,7,11-12,23H,3-4,6,18H2,(H2,19,24);1H3,(H,3,4)/t7-,11-,12-;/m0./s1. The Balaban J connectivity index is 0.000000640. The van der Waals surface area contributed by atoms with E-state index in [1.165, 1.54) is 22.9 Å². The fraction of sp³-hybridized carbons (Fsp3) is 0.412. The lowest BCUT2D eigenvalue weighted by Crippen LogP contribution is -2.28. The molecule has 1 aliphatic rings. The number of aliphatic hydroxyl groups excluding tert-OH is 1. The molecule has 3 rings (SSSR count).